The Kier molecular flexibility index (Phi) is 5.26. The van der Waals surface area contributed by atoms with Gasteiger partial charge in [0.2, 0.25) is 18.6 Å². The fourth-order valence-electron chi connectivity index (χ4n) is 2.58. The summed E-state index contributed by atoms with van der Waals surface area (Å²) in [5.74, 6) is 1.45. The molecule has 0 saturated carbocycles. The van der Waals surface area contributed by atoms with Gasteiger partial charge in [0, 0.05) is 25.2 Å². The molecule has 0 spiro atoms. The molecule has 136 valence electrons. The molecule has 3 rings (SSSR count). The van der Waals surface area contributed by atoms with Crippen molar-refractivity contribution in [3.63, 3.8) is 0 Å². The number of rotatable bonds is 6. The van der Waals surface area contributed by atoms with Crippen LogP contribution in [0.25, 0.3) is 0 Å². The smallest absolute Gasteiger partial charge is 0.240 e. The van der Waals surface area contributed by atoms with Crippen molar-refractivity contribution in [3.8, 4) is 17.2 Å². The fraction of sp³-hybridized carbons (Fsp3) is 0.263. The largest absolute Gasteiger partial charge is 0.497 e. The van der Waals surface area contributed by atoms with E-state index >= 15 is 0 Å². The number of benzene rings is 2. The zero-order chi connectivity index (χ0) is 18.5. The van der Waals surface area contributed by atoms with E-state index in [4.69, 9.17) is 14.2 Å². The lowest BCUT2D eigenvalue weighted by molar-refractivity contribution is -0.123. The Hall–Kier alpha value is -3.22. The molecule has 0 saturated heterocycles. The van der Waals surface area contributed by atoms with Crippen LogP contribution >= 0.6 is 0 Å². The minimum absolute atomic E-state index is 0.0782. The maximum absolute atomic E-state index is 12.3. The molecule has 1 aliphatic heterocycles. The van der Waals surface area contributed by atoms with Crippen LogP contribution in [0.1, 0.15) is 12.5 Å². The Balaban J connectivity index is 1.62. The quantitative estimate of drug-likeness (QED) is 0.858. The lowest BCUT2D eigenvalue weighted by atomic mass is 10.2. The van der Waals surface area contributed by atoms with Crippen molar-refractivity contribution in [1.82, 2.24) is 5.32 Å². The highest BCUT2D eigenvalue weighted by Gasteiger charge is 2.20. The molecule has 7 nitrogen and oxygen atoms in total. The molecule has 0 radical (unpaired) electrons. The first-order valence-electron chi connectivity index (χ1n) is 8.14. The summed E-state index contributed by atoms with van der Waals surface area (Å²) in [4.78, 5) is 25.7. The van der Waals surface area contributed by atoms with Crippen LogP contribution in [0, 0.1) is 0 Å². The van der Waals surface area contributed by atoms with Crippen molar-refractivity contribution < 1.29 is 23.8 Å². The number of carbonyl (C=O) groups excluding carboxylic acids is 2. The summed E-state index contributed by atoms with van der Waals surface area (Å²) in [5.41, 5.74) is 1.53. The summed E-state index contributed by atoms with van der Waals surface area (Å²) in [6.07, 6.45) is 0. The van der Waals surface area contributed by atoms with E-state index < -0.39 is 0 Å². The number of ether oxygens (including phenoxy) is 3. The van der Waals surface area contributed by atoms with Gasteiger partial charge in [0.1, 0.15) is 12.3 Å². The molecular weight excluding hydrogens is 336 g/mol. The summed E-state index contributed by atoms with van der Waals surface area (Å²) >= 11 is 0. The number of nitrogens with one attached hydrogen (secondary N) is 1. The van der Waals surface area contributed by atoms with E-state index in [9.17, 15) is 9.59 Å². The third-order valence-corrected chi connectivity index (χ3v) is 4.00. The molecular formula is C19H20N2O5. The Bertz CT molecular complexity index is 804. The lowest BCUT2D eigenvalue weighted by Crippen LogP contribution is -2.39. The maximum Gasteiger partial charge on any atom is 0.240 e. The Morgan fingerprint density at radius 2 is 1.85 bits per heavy atom. The van der Waals surface area contributed by atoms with Crippen molar-refractivity contribution >= 4 is 17.5 Å². The van der Waals surface area contributed by atoms with Crippen LogP contribution in [0.15, 0.2) is 42.5 Å². The molecule has 0 fully saturated rings. The van der Waals surface area contributed by atoms with Gasteiger partial charge in [-0.1, -0.05) is 12.1 Å². The van der Waals surface area contributed by atoms with Gasteiger partial charge in [0.05, 0.1) is 7.11 Å². The third-order valence-electron chi connectivity index (χ3n) is 4.00. The van der Waals surface area contributed by atoms with E-state index in [1.165, 1.54) is 11.8 Å². The number of fused-ring (bicyclic) bond motifs is 1. The van der Waals surface area contributed by atoms with Crippen LogP contribution in [-0.2, 0) is 16.1 Å². The van der Waals surface area contributed by atoms with E-state index in [2.05, 4.69) is 5.32 Å². The van der Waals surface area contributed by atoms with E-state index in [1.807, 2.05) is 24.3 Å². The second-order valence-electron chi connectivity index (χ2n) is 5.77. The van der Waals surface area contributed by atoms with E-state index in [-0.39, 0.29) is 25.2 Å². The molecule has 2 aromatic carbocycles. The van der Waals surface area contributed by atoms with Gasteiger partial charge in [-0.2, -0.15) is 0 Å². The monoisotopic (exact) mass is 356 g/mol. The van der Waals surface area contributed by atoms with Gasteiger partial charge in [-0.15, -0.1) is 0 Å². The highest BCUT2D eigenvalue weighted by molar-refractivity contribution is 5.97. The highest BCUT2D eigenvalue weighted by atomic mass is 16.7. The fourth-order valence-corrected chi connectivity index (χ4v) is 2.58. The highest BCUT2D eigenvalue weighted by Crippen LogP contribution is 2.35. The lowest BCUT2D eigenvalue weighted by Gasteiger charge is -2.21. The Labute approximate surface area is 151 Å². The normalized spacial score (nSPS) is 11.8. The minimum atomic E-state index is -0.256. The van der Waals surface area contributed by atoms with Gasteiger partial charge in [-0.3, -0.25) is 9.59 Å². The van der Waals surface area contributed by atoms with E-state index in [1.54, 1.807) is 25.3 Å². The molecule has 26 heavy (non-hydrogen) atoms. The van der Waals surface area contributed by atoms with Crippen molar-refractivity contribution in [1.29, 1.82) is 0 Å². The van der Waals surface area contributed by atoms with Crippen LogP contribution in [0.3, 0.4) is 0 Å². The minimum Gasteiger partial charge on any atom is -0.497 e. The first-order valence-corrected chi connectivity index (χ1v) is 8.14. The van der Waals surface area contributed by atoms with Crippen molar-refractivity contribution in [3.05, 3.63) is 48.0 Å². The molecule has 7 heteroatoms. The van der Waals surface area contributed by atoms with Crippen molar-refractivity contribution in [2.45, 2.75) is 13.5 Å². The number of hydrogen-bond donors (Lipinski definition) is 1. The molecule has 0 atom stereocenters. The predicted molar refractivity (Wildman–Crippen MR) is 95.4 cm³/mol. The first-order chi connectivity index (χ1) is 12.6. The summed E-state index contributed by atoms with van der Waals surface area (Å²) in [6.45, 7) is 1.86. The summed E-state index contributed by atoms with van der Waals surface area (Å²) in [7, 11) is 1.60. The molecule has 1 aliphatic rings. The van der Waals surface area contributed by atoms with E-state index in [0.29, 0.717) is 23.7 Å². The molecule has 0 unspecified atom stereocenters. The first kappa shape index (κ1) is 17.6. The molecule has 0 aromatic heterocycles. The molecule has 1 heterocycles. The Morgan fingerprint density at radius 1 is 1.12 bits per heavy atom. The van der Waals surface area contributed by atoms with Crippen LogP contribution in [-0.4, -0.2) is 32.3 Å². The van der Waals surface area contributed by atoms with Crippen molar-refractivity contribution in [2.24, 2.45) is 0 Å². The zero-order valence-corrected chi connectivity index (χ0v) is 14.7. The molecule has 0 bridgehead atoms. The van der Waals surface area contributed by atoms with E-state index in [0.717, 1.165) is 11.3 Å². The van der Waals surface area contributed by atoms with Gasteiger partial charge < -0.3 is 24.4 Å². The molecule has 0 aliphatic carbocycles. The summed E-state index contributed by atoms with van der Waals surface area (Å²) in [6, 6.07) is 12.6. The van der Waals surface area contributed by atoms with Crippen LogP contribution in [0.5, 0.6) is 17.2 Å². The average Bonchev–Trinajstić information content (AvgIpc) is 3.12. The Morgan fingerprint density at radius 3 is 2.54 bits per heavy atom. The van der Waals surface area contributed by atoms with Gasteiger partial charge in [-0.25, -0.2) is 0 Å². The zero-order valence-electron chi connectivity index (χ0n) is 14.7. The van der Waals surface area contributed by atoms with Crippen LogP contribution in [0.2, 0.25) is 0 Å². The van der Waals surface area contributed by atoms with Gasteiger partial charge in [0.25, 0.3) is 0 Å². The number of hydrogen-bond acceptors (Lipinski definition) is 5. The number of nitrogens with zero attached hydrogens (tertiary/aromatic N) is 1. The van der Waals surface area contributed by atoms with Crippen molar-refractivity contribution in [2.75, 3.05) is 25.3 Å². The van der Waals surface area contributed by atoms with Gasteiger partial charge in [0.15, 0.2) is 11.5 Å². The van der Waals surface area contributed by atoms with Crippen LogP contribution in [0.4, 0.5) is 5.69 Å². The summed E-state index contributed by atoms with van der Waals surface area (Å²) in [5, 5.41) is 2.81. The second-order valence-corrected chi connectivity index (χ2v) is 5.77. The number of anilines is 1. The molecule has 1 N–H and O–H groups in total. The topological polar surface area (TPSA) is 77.1 Å². The third kappa shape index (κ3) is 4.05. The SMILES string of the molecule is COc1ccc(CNC(=O)CN(C(C)=O)c2ccc3c(c2)OCO3)cc1. The van der Waals surface area contributed by atoms with Crippen LogP contribution < -0.4 is 24.4 Å². The second kappa shape index (κ2) is 7.77. The number of amides is 2. The van der Waals surface area contributed by atoms with Gasteiger partial charge in [-0.05, 0) is 29.8 Å². The summed E-state index contributed by atoms with van der Waals surface area (Å²) < 4.78 is 15.7. The average molecular weight is 356 g/mol. The number of carbonyl (C=O) groups is 2. The predicted octanol–water partition coefficient (Wildman–Crippen LogP) is 2.09. The van der Waals surface area contributed by atoms with Gasteiger partial charge >= 0.3 is 0 Å². The maximum atomic E-state index is 12.3. The number of methoxy groups -OCH3 is 1. The standard InChI is InChI=1S/C19H20N2O5/c1-13(22)21(15-5-8-17-18(9-15)26-12-25-17)11-19(23)20-10-14-3-6-16(24-2)7-4-14/h3-9H,10-12H2,1-2H3,(H,20,23). The molecule has 2 aromatic rings. The molecule has 2 amide bonds.